The van der Waals surface area contributed by atoms with E-state index in [1.807, 2.05) is 36.9 Å². The number of rotatable bonds is 3. The third-order valence-corrected chi connectivity index (χ3v) is 7.23. The number of aryl methyl sites for hydroxylation is 2. The lowest BCUT2D eigenvalue weighted by Gasteiger charge is -2.16. The van der Waals surface area contributed by atoms with Gasteiger partial charge >= 0.3 is 0 Å². The van der Waals surface area contributed by atoms with Crippen molar-refractivity contribution in [3.63, 3.8) is 0 Å². The fourth-order valence-corrected chi connectivity index (χ4v) is 5.93. The second kappa shape index (κ2) is 4.98. The summed E-state index contributed by atoms with van der Waals surface area (Å²) in [7, 11) is -3.36. The molecule has 1 atom stereocenters. The Morgan fingerprint density at radius 2 is 2.20 bits per heavy atom. The molecule has 1 aliphatic rings. The summed E-state index contributed by atoms with van der Waals surface area (Å²) in [5.41, 5.74) is 0.843. The average molecular weight is 311 g/mol. The molecule has 0 aromatic carbocycles. The molecule has 7 heteroatoms. The summed E-state index contributed by atoms with van der Waals surface area (Å²) in [5.74, 6) is 0. The summed E-state index contributed by atoms with van der Waals surface area (Å²) in [6, 6.07) is 3.93. The van der Waals surface area contributed by atoms with Crippen molar-refractivity contribution < 1.29 is 8.42 Å². The van der Waals surface area contributed by atoms with Gasteiger partial charge in [0.05, 0.1) is 6.04 Å². The van der Waals surface area contributed by atoms with Crippen molar-refractivity contribution in [1.82, 2.24) is 14.1 Å². The highest BCUT2D eigenvalue weighted by Crippen LogP contribution is 2.32. The molecule has 2 aromatic rings. The van der Waals surface area contributed by atoms with E-state index in [2.05, 4.69) is 5.10 Å². The minimum atomic E-state index is -3.36. The highest BCUT2D eigenvalue weighted by Gasteiger charge is 2.35. The van der Waals surface area contributed by atoms with Gasteiger partial charge in [0.2, 0.25) is 0 Å². The first kappa shape index (κ1) is 13.8. The summed E-state index contributed by atoms with van der Waals surface area (Å²) < 4.78 is 29.3. The first-order valence-corrected chi connectivity index (χ1v) is 8.80. The van der Waals surface area contributed by atoms with Gasteiger partial charge in [-0.1, -0.05) is 0 Å². The van der Waals surface area contributed by atoms with E-state index in [-0.39, 0.29) is 6.04 Å². The Kier molecular flexibility index (Phi) is 3.43. The summed E-state index contributed by atoms with van der Waals surface area (Å²) in [6.07, 6.45) is 4.43. The Hall–Kier alpha value is -1.18. The molecule has 1 fully saturated rings. The van der Waals surface area contributed by atoms with E-state index >= 15 is 0 Å². The molecule has 0 spiro atoms. The molecule has 3 heterocycles. The summed E-state index contributed by atoms with van der Waals surface area (Å²) in [4.78, 5) is 1.03. The van der Waals surface area contributed by atoms with Gasteiger partial charge in [0, 0.05) is 30.4 Å². The molecule has 1 saturated heterocycles. The quantitative estimate of drug-likeness (QED) is 0.873. The monoisotopic (exact) mass is 311 g/mol. The molecule has 0 bridgehead atoms. The van der Waals surface area contributed by atoms with Crippen LogP contribution in [0, 0.1) is 13.8 Å². The maximum Gasteiger partial charge on any atom is 0.252 e. The third-order valence-electron chi connectivity index (χ3n) is 3.59. The van der Waals surface area contributed by atoms with Crippen molar-refractivity contribution in [2.75, 3.05) is 13.1 Å². The number of sulfonamides is 1. The molecule has 0 amide bonds. The van der Waals surface area contributed by atoms with Crippen molar-refractivity contribution >= 4 is 21.4 Å². The lowest BCUT2D eigenvalue weighted by atomic mass is 10.3. The fourth-order valence-electron chi connectivity index (χ4n) is 2.63. The largest absolute Gasteiger partial charge is 0.268 e. The summed E-state index contributed by atoms with van der Waals surface area (Å²) in [5, 5.41) is 4.21. The van der Waals surface area contributed by atoms with Gasteiger partial charge in [-0.3, -0.25) is 4.68 Å². The number of hydrogen-bond donors (Lipinski definition) is 0. The van der Waals surface area contributed by atoms with Gasteiger partial charge < -0.3 is 0 Å². The van der Waals surface area contributed by atoms with Crippen LogP contribution in [0.1, 0.15) is 22.9 Å². The van der Waals surface area contributed by atoms with Crippen LogP contribution >= 0.6 is 11.3 Å². The van der Waals surface area contributed by atoms with Crippen molar-refractivity contribution in [2.24, 2.45) is 0 Å². The molecule has 0 radical (unpaired) electrons. The van der Waals surface area contributed by atoms with Gasteiger partial charge in [0.1, 0.15) is 4.21 Å². The number of hydrogen-bond acceptors (Lipinski definition) is 4. The minimum Gasteiger partial charge on any atom is -0.268 e. The summed E-state index contributed by atoms with van der Waals surface area (Å²) >= 11 is 1.35. The maximum atomic E-state index is 12.7. The van der Waals surface area contributed by atoms with Crippen LogP contribution in [0.4, 0.5) is 0 Å². The standard InChI is InChI=1S/C13H17N3O2S2/c1-10-8-11(2)19-13(10)20(17,18)15-7-4-12(9-15)16-6-3-5-14-16/h3,5-6,8,12H,4,7,9H2,1-2H3. The molecule has 2 aromatic heterocycles. The highest BCUT2D eigenvalue weighted by molar-refractivity contribution is 7.91. The third kappa shape index (κ3) is 2.30. The van der Waals surface area contributed by atoms with Crippen LogP contribution in [-0.4, -0.2) is 35.6 Å². The Labute approximate surface area is 122 Å². The van der Waals surface area contributed by atoms with E-state index in [0.717, 1.165) is 16.9 Å². The van der Waals surface area contributed by atoms with Crippen LogP contribution in [0.15, 0.2) is 28.7 Å². The van der Waals surface area contributed by atoms with Crippen molar-refractivity contribution in [1.29, 1.82) is 0 Å². The number of thiophene rings is 1. The van der Waals surface area contributed by atoms with Crippen LogP contribution in [-0.2, 0) is 10.0 Å². The Morgan fingerprint density at radius 1 is 1.40 bits per heavy atom. The van der Waals surface area contributed by atoms with Crippen LogP contribution in [0.3, 0.4) is 0 Å². The minimum absolute atomic E-state index is 0.140. The van der Waals surface area contributed by atoms with E-state index < -0.39 is 10.0 Å². The van der Waals surface area contributed by atoms with Gasteiger partial charge in [-0.25, -0.2) is 8.42 Å². The van der Waals surface area contributed by atoms with Crippen LogP contribution in [0.25, 0.3) is 0 Å². The molecule has 0 saturated carbocycles. The predicted octanol–water partition coefficient (Wildman–Crippen LogP) is 2.20. The van der Waals surface area contributed by atoms with E-state index in [1.54, 1.807) is 10.5 Å². The smallest absolute Gasteiger partial charge is 0.252 e. The lowest BCUT2D eigenvalue weighted by molar-refractivity contribution is 0.435. The van der Waals surface area contributed by atoms with Gasteiger partial charge in [0.15, 0.2) is 0 Å². The van der Waals surface area contributed by atoms with Crippen LogP contribution < -0.4 is 0 Å². The molecule has 0 N–H and O–H groups in total. The molecule has 1 aliphatic heterocycles. The normalized spacial score (nSPS) is 20.6. The zero-order valence-electron chi connectivity index (χ0n) is 11.5. The first-order valence-electron chi connectivity index (χ1n) is 6.55. The number of aromatic nitrogens is 2. The predicted molar refractivity (Wildman–Crippen MR) is 78.4 cm³/mol. The van der Waals surface area contributed by atoms with Crippen molar-refractivity contribution in [3.8, 4) is 0 Å². The van der Waals surface area contributed by atoms with E-state index in [4.69, 9.17) is 0 Å². The fraction of sp³-hybridized carbons (Fsp3) is 0.462. The highest BCUT2D eigenvalue weighted by atomic mass is 32.2. The van der Waals surface area contributed by atoms with Gasteiger partial charge in [0.25, 0.3) is 10.0 Å². The van der Waals surface area contributed by atoms with Crippen molar-refractivity contribution in [2.45, 2.75) is 30.5 Å². The summed E-state index contributed by atoms with van der Waals surface area (Å²) in [6.45, 7) is 4.86. The molecule has 0 aliphatic carbocycles. The Morgan fingerprint density at radius 3 is 2.80 bits per heavy atom. The van der Waals surface area contributed by atoms with Gasteiger partial charge in [-0.2, -0.15) is 9.40 Å². The molecule has 3 rings (SSSR count). The first-order chi connectivity index (χ1) is 9.48. The Balaban J connectivity index is 1.85. The zero-order valence-corrected chi connectivity index (χ0v) is 13.1. The van der Waals surface area contributed by atoms with E-state index in [9.17, 15) is 8.42 Å². The average Bonchev–Trinajstić information content (AvgIpc) is 3.07. The second-order valence-corrected chi connectivity index (χ2v) is 8.51. The number of nitrogens with zero attached hydrogens (tertiary/aromatic N) is 3. The lowest BCUT2D eigenvalue weighted by Crippen LogP contribution is -2.29. The molecule has 5 nitrogen and oxygen atoms in total. The molecule has 1 unspecified atom stereocenters. The van der Waals surface area contributed by atoms with Crippen LogP contribution in [0.5, 0.6) is 0 Å². The topological polar surface area (TPSA) is 55.2 Å². The van der Waals surface area contributed by atoms with Gasteiger partial charge in [-0.05, 0) is 38.0 Å². The molecular weight excluding hydrogens is 294 g/mol. The van der Waals surface area contributed by atoms with Gasteiger partial charge in [-0.15, -0.1) is 11.3 Å². The van der Waals surface area contributed by atoms with Crippen molar-refractivity contribution in [3.05, 3.63) is 35.0 Å². The van der Waals surface area contributed by atoms with E-state index in [0.29, 0.717) is 17.3 Å². The van der Waals surface area contributed by atoms with E-state index in [1.165, 1.54) is 11.3 Å². The maximum absolute atomic E-state index is 12.7. The second-order valence-electron chi connectivity index (χ2n) is 5.12. The van der Waals surface area contributed by atoms with Crippen LogP contribution in [0.2, 0.25) is 0 Å². The molecule has 108 valence electrons. The molecular formula is C13H17N3O2S2. The SMILES string of the molecule is Cc1cc(C)c(S(=O)(=O)N2CCC(n3cccn3)C2)s1. The molecule has 20 heavy (non-hydrogen) atoms. The Bertz CT molecular complexity index is 704. The zero-order chi connectivity index (χ0) is 14.3.